The van der Waals surface area contributed by atoms with Crippen LogP contribution in [0.5, 0.6) is 0 Å². The van der Waals surface area contributed by atoms with E-state index >= 15 is 0 Å². The fourth-order valence-corrected chi connectivity index (χ4v) is 1.73. The number of allylic oxidation sites excluding steroid dienone is 1. The number of hydrogen-bond acceptors (Lipinski definition) is 5. The SMILES string of the molecule is CCCC.CCOC(C)OCC.N#C/C=C(\NCC=O)c1ccc(Cl)cc1. The second-order valence-electron chi connectivity index (χ2n) is 5.22. The van der Waals surface area contributed by atoms with Crippen LogP contribution in [0.2, 0.25) is 5.02 Å². The second-order valence-corrected chi connectivity index (χ2v) is 5.66. The van der Waals surface area contributed by atoms with Crippen molar-refractivity contribution >= 4 is 23.6 Å². The number of carbonyl (C=O) groups excluding carboxylic acids is 1. The van der Waals surface area contributed by atoms with Crippen LogP contribution in [0.4, 0.5) is 0 Å². The van der Waals surface area contributed by atoms with E-state index in [1.807, 2.05) is 26.8 Å². The number of ether oxygens (including phenoxy) is 2. The molecular formula is C21H33ClN2O3. The van der Waals surface area contributed by atoms with Crippen LogP contribution in [0.1, 0.15) is 53.0 Å². The number of carbonyl (C=O) groups is 1. The summed E-state index contributed by atoms with van der Waals surface area (Å²) in [4.78, 5) is 10.2. The Morgan fingerprint density at radius 1 is 1.15 bits per heavy atom. The van der Waals surface area contributed by atoms with Crippen LogP contribution in [0.15, 0.2) is 30.3 Å². The third-order valence-electron chi connectivity index (χ3n) is 3.04. The van der Waals surface area contributed by atoms with Gasteiger partial charge in [0.05, 0.1) is 18.3 Å². The Bertz CT molecular complexity index is 531. The highest BCUT2D eigenvalue weighted by Gasteiger charge is 2.00. The van der Waals surface area contributed by atoms with E-state index in [0.717, 1.165) is 25.1 Å². The van der Waals surface area contributed by atoms with Crippen molar-refractivity contribution in [3.05, 3.63) is 40.9 Å². The minimum absolute atomic E-state index is 0.0370. The molecule has 0 unspecified atom stereocenters. The molecule has 0 amide bonds. The Labute approximate surface area is 169 Å². The van der Waals surface area contributed by atoms with Gasteiger partial charge in [-0.05, 0) is 38.5 Å². The number of halogens is 1. The highest BCUT2D eigenvalue weighted by atomic mass is 35.5. The van der Waals surface area contributed by atoms with Gasteiger partial charge in [0.15, 0.2) is 6.29 Å². The van der Waals surface area contributed by atoms with Crippen molar-refractivity contribution in [3.63, 3.8) is 0 Å². The fourth-order valence-electron chi connectivity index (χ4n) is 1.60. The van der Waals surface area contributed by atoms with E-state index in [0.29, 0.717) is 10.7 Å². The molecule has 0 heterocycles. The number of unbranched alkanes of at least 4 members (excludes halogenated alkanes) is 1. The maximum atomic E-state index is 10.2. The molecule has 1 aromatic carbocycles. The third kappa shape index (κ3) is 17.3. The number of nitriles is 1. The van der Waals surface area contributed by atoms with E-state index in [1.165, 1.54) is 18.9 Å². The zero-order valence-corrected chi connectivity index (χ0v) is 17.9. The molecule has 1 aromatic rings. The lowest BCUT2D eigenvalue weighted by molar-refractivity contribution is -0.123. The standard InChI is InChI=1S/C11H9ClN2O.C6H14O2.C4H10/c12-10-3-1-9(2-4-10)11(5-6-13)14-7-8-15;1-4-7-6(3)8-5-2;1-3-4-2/h1-5,8,14H,7H2;6H,4-5H2,1-3H3;3-4H2,1-2H3/b11-5-;;. The average Bonchev–Trinajstić information content (AvgIpc) is 2.67. The summed E-state index contributed by atoms with van der Waals surface area (Å²) in [5, 5.41) is 12.0. The third-order valence-corrected chi connectivity index (χ3v) is 3.29. The van der Waals surface area contributed by atoms with Crippen LogP contribution in [-0.4, -0.2) is 32.3 Å². The maximum absolute atomic E-state index is 10.2. The van der Waals surface area contributed by atoms with Gasteiger partial charge < -0.3 is 19.6 Å². The molecule has 0 aliphatic carbocycles. The Morgan fingerprint density at radius 3 is 2.04 bits per heavy atom. The molecule has 0 radical (unpaired) electrons. The molecule has 5 nitrogen and oxygen atoms in total. The summed E-state index contributed by atoms with van der Waals surface area (Å²) >= 11 is 5.74. The average molecular weight is 397 g/mol. The molecule has 0 aliphatic heterocycles. The van der Waals surface area contributed by atoms with Crippen molar-refractivity contribution < 1.29 is 14.3 Å². The minimum atomic E-state index is -0.0370. The minimum Gasteiger partial charge on any atom is -0.377 e. The van der Waals surface area contributed by atoms with Crippen LogP contribution < -0.4 is 5.32 Å². The Hall–Kier alpha value is -1.87. The van der Waals surface area contributed by atoms with Gasteiger partial charge >= 0.3 is 0 Å². The Balaban J connectivity index is 0. The first kappa shape index (κ1) is 27.3. The molecule has 0 bridgehead atoms. The lowest BCUT2D eigenvalue weighted by atomic mass is 10.1. The lowest BCUT2D eigenvalue weighted by Crippen LogP contribution is -2.14. The predicted molar refractivity (Wildman–Crippen MR) is 112 cm³/mol. The molecule has 0 saturated carbocycles. The number of nitrogens with one attached hydrogen (secondary N) is 1. The van der Waals surface area contributed by atoms with Crippen molar-refractivity contribution in [2.24, 2.45) is 0 Å². The lowest BCUT2D eigenvalue weighted by Gasteiger charge is -2.09. The largest absolute Gasteiger partial charge is 0.377 e. The summed E-state index contributed by atoms with van der Waals surface area (Å²) in [7, 11) is 0. The Kier molecular flexibility index (Phi) is 20.7. The quantitative estimate of drug-likeness (QED) is 0.352. The molecule has 0 spiro atoms. The second kappa shape index (κ2) is 20.4. The van der Waals surface area contributed by atoms with Crippen molar-refractivity contribution in [3.8, 4) is 6.07 Å². The van der Waals surface area contributed by atoms with E-state index in [2.05, 4.69) is 19.2 Å². The van der Waals surface area contributed by atoms with Gasteiger partial charge in [0, 0.05) is 24.3 Å². The van der Waals surface area contributed by atoms with Gasteiger partial charge in [0.1, 0.15) is 6.29 Å². The van der Waals surface area contributed by atoms with Gasteiger partial charge in [-0.15, -0.1) is 0 Å². The summed E-state index contributed by atoms with van der Waals surface area (Å²) < 4.78 is 10.1. The smallest absolute Gasteiger partial charge is 0.154 e. The monoisotopic (exact) mass is 396 g/mol. The summed E-state index contributed by atoms with van der Waals surface area (Å²) in [6.07, 6.45) is 4.69. The van der Waals surface area contributed by atoms with Crippen molar-refractivity contribution in [2.75, 3.05) is 19.8 Å². The summed E-state index contributed by atoms with van der Waals surface area (Å²) in [5.74, 6) is 0. The summed E-state index contributed by atoms with van der Waals surface area (Å²) in [5.41, 5.74) is 1.43. The summed E-state index contributed by atoms with van der Waals surface area (Å²) in [6, 6.07) is 8.93. The van der Waals surface area contributed by atoms with Crippen molar-refractivity contribution in [2.45, 2.75) is 53.8 Å². The fraction of sp³-hybridized carbons (Fsp3) is 0.524. The topological polar surface area (TPSA) is 71.3 Å². The molecule has 0 atom stereocenters. The van der Waals surface area contributed by atoms with E-state index in [9.17, 15) is 4.79 Å². The summed E-state index contributed by atoms with van der Waals surface area (Å²) in [6.45, 7) is 11.8. The number of benzene rings is 1. The molecule has 152 valence electrons. The molecular weight excluding hydrogens is 364 g/mol. The van der Waals surface area contributed by atoms with Gasteiger partial charge in [-0.25, -0.2) is 0 Å². The zero-order chi connectivity index (χ0) is 20.9. The van der Waals surface area contributed by atoms with Crippen LogP contribution >= 0.6 is 11.6 Å². The highest BCUT2D eigenvalue weighted by Crippen LogP contribution is 2.15. The molecule has 27 heavy (non-hydrogen) atoms. The molecule has 0 saturated heterocycles. The number of hydrogen-bond donors (Lipinski definition) is 1. The van der Waals surface area contributed by atoms with Crippen LogP contribution in [0.3, 0.4) is 0 Å². The van der Waals surface area contributed by atoms with E-state index < -0.39 is 0 Å². The first-order valence-electron chi connectivity index (χ1n) is 9.26. The Morgan fingerprint density at radius 2 is 1.67 bits per heavy atom. The predicted octanol–water partition coefficient (Wildman–Crippen LogP) is 5.20. The van der Waals surface area contributed by atoms with E-state index in [-0.39, 0.29) is 12.8 Å². The molecule has 1 rings (SSSR count). The van der Waals surface area contributed by atoms with Gasteiger partial charge in [-0.2, -0.15) is 5.26 Å². The van der Waals surface area contributed by atoms with Gasteiger partial charge in [-0.1, -0.05) is 50.4 Å². The van der Waals surface area contributed by atoms with Crippen molar-refractivity contribution in [1.82, 2.24) is 5.32 Å². The first-order valence-corrected chi connectivity index (χ1v) is 9.64. The number of rotatable bonds is 9. The maximum Gasteiger partial charge on any atom is 0.154 e. The highest BCUT2D eigenvalue weighted by molar-refractivity contribution is 6.30. The molecule has 6 heteroatoms. The number of nitrogens with zero attached hydrogens (tertiary/aromatic N) is 1. The van der Waals surface area contributed by atoms with Gasteiger partial charge in [0.2, 0.25) is 0 Å². The van der Waals surface area contributed by atoms with Gasteiger partial charge in [-0.3, -0.25) is 0 Å². The van der Waals surface area contributed by atoms with Crippen LogP contribution in [0.25, 0.3) is 5.70 Å². The zero-order valence-electron chi connectivity index (χ0n) is 17.1. The normalized spacial score (nSPS) is 10.1. The van der Waals surface area contributed by atoms with Crippen LogP contribution in [0, 0.1) is 11.3 Å². The molecule has 1 N–H and O–H groups in total. The van der Waals surface area contributed by atoms with E-state index in [4.69, 9.17) is 26.3 Å². The van der Waals surface area contributed by atoms with E-state index in [1.54, 1.807) is 24.3 Å². The molecule has 0 fully saturated rings. The molecule has 0 aromatic heterocycles. The first-order chi connectivity index (χ1) is 13.0. The van der Waals surface area contributed by atoms with Gasteiger partial charge in [0.25, 0.3) is 0 Å². The number of aldehydes is 1. The molecule has 0 aliphatic rings. The van der Waals surface area contributed by atoms with Crippen LogP contribution in [-0.2, 0) is 14.3 Å². The van der Waals surface area contributed by atoms with Crippen molar-refractivity contribution in [1.29, 1.82) is 5.26 Å².